The molecule has 1 aliphatic rings. The van der Waals surface area contributed by atoms with Crippen molar-refractivity contribution >= 4 is 21.6 Å². The molecule has 0 saturated carbocycles. The molecule has 1 atom stereocenters. The first-order chi connectivity index (χ1) is 9.16. The van der Waals surface area contributed by atoms with Crippen LogP contribution in [0.1, 0.15) is 6.92 Å². The van der Waals surface area contributed by atoms with Gasteiger partial charge in [-0.1, -0.05) is 19.1 Å². The normalized spacial score (nSPS) is 18.3. The van der Waals surface area contributed by atoms with Gasteiger partial charge in [-0.2, -0.15) is 0 Å². The highest BCUT2D eigenvalue weighted by atomic mass is 79.9. The van der Waals surface area contributed by atoms with Gasteiger partial charge in [0.2, 0.25) is 0 Å². The van der Waals surface area contributed by atoms with E-state index in [1.165, 1.54) is 29.8 Å². The first kappa shape index (κ1) is 14.8. The molecule has 2 rings (SSSR count). The van der Waals surface area contributed by atoms with Crippen molar-refractivity contribution < 1.29 is 0 Å². The van der Waals surface area contributed by atoms with Gasteiger partial charge in [0.25, 0.3) is 0 Å². The molecule has 106 valence electrons. The summed E-state index contributed by atoms with van der Waals surface area (Å²) < 4.78 is 1.17. The Labute approximate surface area is 125 Å². The SMILES string of the molecule is CC(CN1CCNCC1)CN(C)c1ccccc1Br. The minimum absolute atomic E-state index is 0.676. The van der Waals surface area contributed by atoms with Gasteiger partial charge in [-0.15, -0.1) is 0 Å². The third-order valence-corrected chi connectivity index (χ3v) is 4.30. The summed E-state index contributed by atoms with van der Waals surface area (Å²) in [6.07, 6.45) is 0. The second kappa shape index (κ2) is 7.27. The number of nitrogens with one attached hydrogen (secondary N) is 1. The second-order valence-corrected chi connectivity index (χ2v) is 6.34. The van der Waals surface area contributed by atoms with E-state index in [1.807, 2.05) is 0 Å². The van der Waals surface area contributed by atoms with E-state index >= 15 is 0 Å². The van der Waals surface area contributed by atoms with Gasteiger partial charge in [0.15, 0.2) is 0 Å². The highest BCUT2D eigenvalue weighted by Crippen LogP contribution is 2.25. The Kier molecular flexibility index (Phi) is 5.67. The van der Waals surface area contributed by atoms with Crippen molar-refractivity contribution in [3.05, 3.63) is 28.7 Å². The topological polar surface area (TPSA) is 18.5 Å². The number of piperazine rings is 1. The van der Waals surface area contributed by atoms with E-state index in [0.29, 0.717) is 5.92 Å². The van der Waals surface area contributed by atoms with Crippen molar-refractivity contribution in [3.8, 4) is 0 Å². The predicted molar refractivity (Wildman–Crippen MR) is 85.9 cm³/mol. The number of halogens is 1. The average molecular weight is 326 g/mol. The molecule has 0 bridgehead atoms. The largest absolute Gasteiger partial charge is 0.373 e. The number of rotatable bonds is 5. The molecule has 1 fully saturated rings. The van der Waals surface area contributed by atoms with Gasteiger partial charge in [0.05, 0.1) is 5.69 Å². The van der Waals surface area contributed by atoms with Gasteiger partial charge in [0.1, 0.15) is 0 Å². The molecule has 0 aliphatic carbocycles. The van der Waals surface area contributed by atoms with E-state index in [2.05, 4.69) is 69.3 Å². The lowest BCUT2D eigenvalue weighted by atomic mass is 10.1. The van der Waals surface area contributed by atoms with Gasteiger partial charge in [-0.25, -0.2) is 0 Å². The van der Waals surface area contributed by atoms with Crippen LogP contribution in [0.4, 0.5) is 5.69 Å². The molecule has 1 unspecified atom stereocenters. The molecule has 19 heavy (non-hydrogen) atoms. The van der Waals surface area contributed by atoms with Gasteiger partial charge in [0, 0.05) is 50.8 Å². The minimum atomic E-state index is 0.676. The van der Waals surface area contributed by atoms with E-state index < -0.39 is 0 Å². The van der Waals surface area contributed by atoms with Crippen LogP contribution in [0.15, 0.2) is 28.7 Å². The van der Waals surface area contributed by atoms with E-state index in [1.54, 1.807) is 0 Å². The first-order valence-electron chi connectivity index (χ1n) is 7.05. The Hall–Kier alpha value is -0.580. The summed E-state index contributed by atoms with van der Waals surface area (Å²) in [4.78, 5) is 4.91. The molecule has 1 aromatic carbocycles. The number of hydrogen-bond donors (Lipinski definition) is 1. The van der Waals surface area contributed by atoms with Crippen molar-refractivity contribution in [2.75, 3.05) is 51.2 Å². The third-order valence-electron chi connectivity index (χ3n) is 3.63. The average Bonchev–Trinajstić information content (AvgIpc) is 2.40. The fourth-order valence-corrected chi connectivity index (χ4v) is 3.31. The second-order valence-electron chi connectivity index (χ2n) is 5.49. The van der Waals surface area contributed by atoms with Gasteiger partial charge in [-0.3, -0.25) is 0 Å². The van der Waals surface area contributed by atoms with E-state index in [4.69, 9.17) is 0 Å². The molecule has 1 aliphatic heterocycles. The van der Waals surface area contributed by atoms with Crippen molar-refractivity contribution in [1.29, 1.82) is 0 Å². The Balaban J connectivity index is 1.84. The maximum Gasteiger partial charge on any atom is 0.0508 e. The monoisotopic (exact) mass is 325 g/mol. The molecule has 0 spiro atoms. The van der Waals surface area contributed by atoms with Crippen LogP contribution in [0.2, 0.25) is 0 Å². The summed E-state index contributed by atoms with van der Waals surface area (Å²) in [5.74, 6) is 0.676. The molecule has 1 heterocycles. The Morgan fingerprint density at radius 3 is 2.68 bits per heavy atom. The van der Waals surface area contributed by atoms with Gasteiger partial charge in [-0.05, 0) is 34.0 Å². The first-order valence-corrected chi connectivity index (χ1v) is 7.85. The van der Waals surface area contributed by atoms with Crippen molar-refractivity contribution in [3.63, 3.8) is 0 Å². The van der Waals surface area contributed by atoms with E-state index in [0.717, 1.165) is 19.6 Å². The molecular formula is C15H24BrN3. The summed E-state index contributed by atoms with van der Waals surface area (Å²) >= 11 is 3.62. The molecule has 3 nitrogen and oxygen atoms in total. The summed E-state index contributed by atoms with van der Waals surface area (Å²) in [6, 6.07) is 8.43. The van der Waals surface area contributed by atoms with Crippen molar-refractivity contribution in [2.24, 2.45) is 5.92 Å². The number of anilines is 1. The molecule has 0 aromatic heterocycles. The van der Waals surface area contributed by atoms with Crippen LogP contribution in [-0.4, -0.2) is 51.2 Å². The Morgan fingerprint density at radius 1 is 1.32 bits per heavy atom. The van der Waals surface area contributed by atoms with E-state index in [-0.39, 0.29) is 0 Å². The van der Waals surface area contributed by atoms with Crippen LogP contribution in [0, 0.1) is 5.92 Å². The van der Waals surface area contributed by atoms with Crippen LogP contribution in [-0.2, 0) is 0 Å². The Bertz CT molecular complexity index is 391. The molecule has 0 radical (unpaired) electrons. The highest BCUT2D eigenvalue weighted by molar-refractivity contribution is 9.10. The lowest BCUT2D eigenvalue weighted by Gasteiger charge is -2.32. The minimum Gasteiger partial charge on any atom is -0.373 e. The zero-order chi connectivity index (χ0) is 13.7. The number of hydrogen-bond acceptors (Lipinski definition) is 3. The number of nitrogens with zero attached hydrogens (tertiary/aromatic N) is 2. The standard InChI is InChI=1S/C15H24BrN3/c1-13(12-19-9-7-17-8-10-19)11-18(2)15-6-4-3-5-14(15)16/h3-6,13,17H,7-12H2,1-2H3. The van der Waals surface area contributed by atoms with Gasteiger partial charge < -0.3 is 15.1 Å². The molecule has 1 N–H and O–H groups in total. The van der Waals surface area contributed by atoms with Crippen LogP contribution < -0.4 is 10.2 Å². The highest BCUT2D eigenvalue weighted by Gasteiger charge is 2.15. The molecular weight excluding hydrogens is 302 g/mol. The fourth-order valence-electron chi connectivity index (χ4n) is 2.72. The maximum atomic E-state index is 3.62. The number of benzene rings is 1. The quantitative estimate of drug-likeness (QED) is 0.897. The smallest absolute Gasteiger partial charge is 0.0508 e. The van der Waals surface area contributed by atoms with Crippen LogP contribution >= 0.6 is 15.9 Å². The van der Waals surface area contributed by atoms with Crippen molar-refractivity contribution in [1.82, 2.24) is 10.2 Å². The molecule has 1 aromatic rings. The lowest BCUT2D eigenvalue weighted by Crippen LogP contribution is -2.46. The molecule has 0 amide bonds. The number of para-hydroxylation sites is 1. The lowest BCUT2D eigenvalue weighted by molar-refractivity contribution is 0.213. The zero-order valence-electron chi connectivity index (χ0n) is 11.9. The zero-order valence-corrected chi connectivity index (χ0v) is 13.5. The maximum absolute atomic E-state index is 3.62. The third kappa shape index (κ3) is 4.48. The van der Waals surface area contributed by atoms with Crippen LogP contribution in [0.25, 0.3) is 0 Å². The summed E-state index contributed by atoms with van der Waals surface area (Å²) in [5, 5.41) is 3.40. The van der Waals surface area contributed by atoms with Crippen LogP contribution in [0.5, 0.6) is 0 Å². The fraction of sp³-hybridized carbons (Fsp3) is 0.600. The molecule has 1 saturated heterocycles. The van der Waals surface area contributed by atoms with E-state index in [9.17, 15) is 0 Å². The summed E-state index contributed by atoms with van der Waals surface area (Å²) in [6.45, 7) is 9.25. The van der Waals surface area contributed by atoms with Gasteiger partial charge >= 0.3 is 0 Å². The summed E-state index contributed by atoms with van der Waals surface area (Å²) in [7, 11) is 2.17. The van der Waals surface area contributed by atoms with Crippen molar-refractivity contribution in [2.45, 2.75) is 6.92 Å². The Morgan fingerprint density at radius 2 is 2.00 bits per heavy atom. The summed E-state index contributed by atoms with van der Waals surface area (Å²) in [5.41, 5.74) is 1.27. The molecule has 4 heteroatoms. The van der Waals surface area contributed by atoms with Crippen LogP contribution in [0.3, 0.4) is 0 Å². The predicted octanol–water partition coefficient (Wildman–Crippen LogP) is 2.43.